The molecule has 1 aliphatic carbocycles. The molecule has 0 aliphatic heterocycles. The van der Waals surface area contributed by atoms with E-state index in [1.165, 1.54) is 17.5 Å². The van der Waals surface area contributed by atoms with Crippen molar-refractivity contribution >= 4 is 11.4 Å². The quantitative estimate of drug-likeness (QED) is 0.441. The molecule has 28 heavy (non-hydrogen) atoms. The number of ether oxygens (including phenoxy) is 2. The molecule has 0 unspecified atom stereocenters. The van der Waals surface area contributed by atoms with Gasteiger partial charge in [0.1, 0.15) is 11.5 Å². The van der Waals surface area contributed by atoms with Gasteiger partial charge in [0.2, 0.25) is 0 Å². The van der Waals surface area contributed by atoms with Gasteiger partial charge in [-0.25, -0.2) is 0 Å². The smallest absolute Gasteiger partial charge is 0.193 e. The van der Waals surface area contributed by atoms with Crippen molar-refractivity contribution in [2.45, 2.75) is 52.9 Å². The predicted octanol–water partition coefficient (Wildman–Crippen LogP) is 5.96. The van der Waals surface area contributed by atoms with Crippen LogP contribution in [0.1, 0.15) is 65.7 Å². The molecule has 0 amide bonds. The molecule has 3 nitrogen and oxygen atoms in total. The van der Waals surface area contributed by atoms with E-state index >= 15 is 0 Å². The molecule has 0 atom stereocenters. The molecule has 0 N–H and O–H groups in total. The molecule has 3 heteroatoms. The number of rotatable bonds is 7. The molecule has 0 heterocycles. The van der Waals surface area contributed by atoms with Gasteiger partial charge >= 0.3 is 0 Å². The average molecular weight is 379 g/mol. The highest BCUT2D eigenvalue weighted by atomic mass is 16.5. The number of fused-ring (bicyclic) bond motifs is 1. The van der Waals surface area contributed by atoms with Crippen LogP contribution in [0.25, 0.3) is 5.57 Å². The monoisotopic (exact) mass is 378 g/mol. The molecule has 0 saturated carbocycles. The lowest BCUT2D eigenvalue weighted by atomic mass is 9.82. The van der Waals surface area contributed by atoms with E-state index in [9.17, 15) is 4.79 Å². The van der Waals surface area contributed by atoms with Crippen LogP contribution in [0.2, 0.25) is 0 Å². The standard InChI is InChI=1S/C25H30O3/c1-5-15-28-23-16-19-9-7-8-10-22(19)24(17(23)3)25(26)21(6-2)18-11-13-20(27-4)14-12-18/h6,11-14,16H,5,7-10,15H2,1-4H3/b21-6-. The second-order valence-electron chi connectivity index (χ2n) is 7.33. The van der Waals surface area contributed by atoms with Crippen LogP contribution < -0.4 is 9.47 Å². The number of aryl methyl sites for hydroxylation is 1. The number of methoxy groups -OCH3 is 1. The highest BCUT2D eigenvalue weighted by Crippen LogP contribution is 2.36. The van der Waals surface area contributed by atoms with Crippen LogP contribution in [0.3, 0.4) is 0 Å². The van der Waals surface area contributed by atoms with Gasteiger partial charge in [-0.05, 0) is 80.8 Å². The first-order chi connectivity index (χ1) is 13.6. The van der Waals surface area contributed by atoms with Crippen molar-refractivity contribution in [3.05, 3.63) is 64.2 Å². The highest BCUT2D eigenvalue weighted by Gasteiger charge is 2.25. The van der Waals surface area contributed by atoms with Crippen molar-refractivity contribution in [1.29, 1.82) is 0 Å². The third-order valence-electron chi connectivity index (χ3n) is 5.49. The molecular formula is C25H30O3. The Morgan fingerprint density at radius 3 is 2.50 bits per heavy atom. The van der Waals surface area contributed by atoms with Gasteiger partial charge < -0.3 is 9.47 Å². The van der Waals surface area contributed by atoms with Crippen molar-refractivity contribution < 1.29 is 14.3 Å². The Hall–Kier alpha value is -2.55. The lowest BCUT2D eigenvalue weighted by Gasteiger charge is -2.24. The van der Waals surface area contributed by atoms with Crippen LogP contribution >= 0.6 is 0 Å². The minimum Gasteiger partial charge on any atom is -0.497 e. The minimum absolute atomic E-state index is 0.0882. The molecule has 148 valence electrons. The molecule has 0 saturated heterocycles. The summed E-state index contributed by atoms with van der Waals surface area (Å²) in [5.74, 6) is 1.73. The Morgan fingerprint density at radius 1 is 1.14 bits per heavy atom. The molecule has 0 spiro atoms. The van der Waals surface area contributed by atoms with Crippen molar-refractivity contribution in [3.63, 3.8) is 0 Å². The molecule has 0 bridgehead atoms. The molecule has 1 aliphatic rings. The number of ketones is 1. The second kappa shape index (κ2) is 9.09. The number of carbonyl (C=O) groups excluding carboxylic acids is 1. The summed E-state index contributed by atoms with van der Waals surface area (Å²) >= 11 is 0. The van der Waals surface area contributed by atoms with Gasteiger partial charge in [-0.1, -0.05) is 25.1 Å². The predicted molar refractivity (Wildman–Crippen MR) is 115 cm³/mol. The van der Waals surface area contributed by atoms with Crippen molar-refractivity contribution in [1.82, 2.24) is 0 Å². The van der Waals surface area contributed by atoms with Gasteiger partial charge in [0.15, 0.2) is 5.78 Å². The van der Waals surface area contributed by atoms with Gasteiger partial charge in [0.05, 0.1) is 13.7 Å². The number of carbonyl (C=O) groups is 1. The Morgan fingerprint density at radius 2 is 1.86 bits per heavy atom. The van der Waals surface area contributed by atoms with Crippen molar-refractivity contribution in [3.8, 4) is 11.5 Å². The fourth-order valence-electron chi connectivity index (χ4n) is 3.99. The lowest BCUT2D eigenvalue weighted by molar-refractivity contribution is 0.105. The van der Waals surface area contributed by atoms with E-state index in [2.05, 4.69) is 13.0 Å². The van der Waals surface area contributed by atoms with Gasteiger partial charge in [-0.15, -0.1) is 0 Å². The Balaban J connectivity index is 2.07. The first-order valence-corrected chi connectivity index (χ1v) is 10.2. The van der Waals surface area contributed by atoms with E-state index in [1.807, 2.05) is 44.2 Å². The van der Waals surface area contributed by atoms with Gasteiger partial charge in [0, 0.05) is 16.7 Å². The zero-order valence-corrected chi connectivity index (χ0v) is 17.4. The van der Waals surface area contributed by atoms with Gasteiger partial charge in [-0.2, -0.15) is 0 Å². The summed E-state index contributed by atoms with van der Waals surface area (Å²) in [5.41, 5.74) is 5.93. The first kappa shape index (κ1) is 20.2. The maximum atomic E-state index is 13.7. The molecule has 2 aromatic carbocycles. The third-order valence-corrected chi connectivity index (χ3v) is 5.49. The summed E-state index contributed by atoms with van der Waals surface area (Å²) in [6, 6.07) is 9.86. The maximum Gasteiger partial charge on any atom is 0.193 e. The van der Waals surface area contributed by atoms with Gasteiger partial charge in [0.25, 0.3) is 0 Å². The van der Waals surface area contributed by atoms with Gasteiger partial charge in [-0.3, -0.25) is 4.79 Å². The summed E-state index contributed by atoms with van der Waals surface area (Å²) < 4.78 is 11.3. The lowest BCUT2D eigenvalue weighted by Crippen LogP contribution is -2.15. The average Bonchev–Trinajstić information content (AvgIpc) is 2.73. The van der Waals surface area contributed by atoms with Crippen LogP contribution in [0, 0.1) is 6.92 Å². The Labute approximate surface area is 168 Å². The number of allylic oxidation sites excluding steroid dienone is 2. The van der Waals surface area contributed by atoms with E-state index in [0.717, 1.165) is 59.4 Å². The fourth-order valence-corrected chi connectivity index (χ4v) is 3.99. The van der Waals surface area contributed by atoms with Crippen LogP contribution in [0.15, 0.2) is 36.4 Å². The normalized spacial score (nSPS) is 13.8. The first-order valence-electron chi connectivity index (χ1n) is 10.2. The largest absolute Gasteiger partial charge is 0.497 e. The number of hydrogen-bond acceptors (Lipinski definition) is 3. The van der Waals surface area contributed by atoms with E-state index < -0.39 is 0 Å². The van der Waals surface area contributed by atoms with E-state index in [0.29, 0.717) is 6.61 Å². The van der Waals surface area contributed by atoms with Crippen molar-refractivity contribution in [2.24, 2.45) is 0 Å². The number of hydrogen-bond donors (Lipinski definition) is 0. The minimum atomic E-state index is 0.0882. The molecule has 3 rings (SSSR count). The molecule has 0 radical (unpaired) electrons. The summed E-state index contributed by atoms with van der Waals surface area (Å²) in [6.07, 6.45) is 7.16. The zero-order chi connectivity index (χ0) is 20.1. The SMILES string of the molecule is C/C=C(\C(=O)c1c(C)c(OCCC)cc2c1CCCC2)c1ccc(OC)cc1. The number of benzene rings is 2. The van der Waals surface area contributed by atoms with E-state index in [-0.39, 0.29) is 5.78 Å². The zero-order valence-electron chi connectivity index (χ0n) is 17.4. The van der Waals surface area contributed by atoms with Crippen LogP contribution in [0.4, 0.5) is 0 Å². The second-order valence-corrected chi connectivity index (χ2v) is 7.33. The molecular weight excluding hydrogens is 348 g/mol. The molecule has 0 fully saturated rings. The van der Waals surface area contributed by atoms with E-state index in [4.69, 9.17) is 9.47 Å². The third kappa shape index (κ3) is 3.99. The molecule has 0 aromatic heterocycles. The van der Waals surface area contributed by atoms with Crippen LogP contribution in [-0.4, -0.2) is 19.5 Å². The maximum absolute atomic E-state index is 13.7. The Kier molecular flexibility index (Phi) is 6.56. The van der Waals surface area contributed by atoms with E-state index in [1.54, 1.807) is 7.11 Å². The summed E-state index contributed by atoms with van der Waals surface area (Å²) in [4.78, 5) is 13.7. The van der Waals surface area contributed by atoms with Crippen molar-refractivity contribution in [2.75, 3.05) is 13.7 Å². The summed E-state index contributed by atoms with van der Waals surface area (Å²) in [7, 11) is 1.65. The fraction of sp³-hybridized carbons (Fsp3) is 0.400. The van der Waals surface area contributed by atoms with Crippen LogP contribution in [0.5, 0.6) is 11.5 Å². The van der Waals surface area contributed by atoms with Crippen LogP contribution in [-0.2, 0) is 12.8 Å². The summed E-state index contributed by atoms with van der Waals surface area (Å²) in [5, 5.41) is 0. The topological polar surface area (TPSA) is 35.5 Å². The molecule has 2 aromatic rings. The summed E-state index contributed by atoms with van der Waals surface area (Å²) in [6.45, 7) is 6.72. The Bertz CT molecular complexity index is 876. The highest BCUT2D eigenvalue weighted by molar-refractivity contribution is 6.30. The number of Topliss-reactive ketones (excluding diaryl/α,β-unsaturated/α-hetero) is 1.